The first-order chi connectivity index (χ1) is 12.8. The lowest BCUT2D eigenvalue weighted by Crippen LogP contribution is -2.25. The number of aromatic nitrogens is 2. The summed E-state index contributed by atoms with van der Waals surface area (Å²) in [5, 5.41) is 0. The molecule has 0 unspecified atom stereocenters. The maximum Gasteiger partial charge on any atom is 0.407 e. The minimum atomic E-state index is -4.80. The van der Waals surface area contributed by atoms with E-state index < -0.39 is 23.0 Å². The van der Waals surface area contributed by atoms with Crippen LogP contribution in [0, 0.1) is 13.5 Å². The van der Waals surface area contributed by atoms with Gasteiger partial charge < -0.3 is 4.57 Å². The maximum atomic E-state index is 13.4. The first-order valence-corrected chi connectivity index (χ1v) is 7.99. The van der Waals surface area contributed by atoms with Crippen molar-refractivity contribution in [3.05, 3.63) is 93.3 Å². The van der Waals surface area contributed by atoms with Gasteiger partial charge in [-0.3, -0.25) is 9.78 Å². The predicted molar refractivity (Wildman–Crippen MR) is 95.5 cm³/mol. The standard InChI is InChI=1S/C20H14F3N3O/c1-13-5-3-7-15(9-13)17-10-16(20(21,22)23)18(24-2)19(27)26(17)12-14-6-4-8-25-11-14/h3-11H,12H2,1H3. The lowest BCUT2D eigenvalue weighted by molar-refractivity contribution is -0.136. The molecule has 0 N–H and O–H groups in total. The SMILES string of the molecule is [C-]#[N+]c1c(C(F)(F)F)cc(-c2cccc(C)c2)n(Cc2cccnc2)c1=O. The molecule has 0 saturated heterocycles. The zero-order chi connectivity index (χ0) is 19.6. The summed E-state index contributed by atoms with van der Waals surface area (Å²) < 4.78 is 41.5. The Bertz CT molecular complexity index is 1080. The van der Waals surface area contributed by atoms with Gasteiger partial charge in [0.15, 0.2) is 0 Å². The molecule has 0 aliphatic heterocycles. The summed E-state index contributed by atoms with van der Waals surface area (Å²) in [6.45, 7) is 8.91. The second-order valence-electron chi connectivity index (χ2n) is 6.02. The Hall–Kier alpha value is -3.40. The van der Waals surface area contributed by atoms with E-state index in [1.807, 2.05) is 13.0 Å². The molecule has 0 bridgehead atoms. The van der Waals surface area contributed by atoms with Crippen LogP contribution in [0.2, 0.25) is 0 Å². The van der Waals surface area contributed by atoms with Crippen molar-refractivity contribution in [2.75, 3.05) is 0 Å². The van der Waals surface area contributed by atoms with E-state index in [0.29, 0.717) is 11.1 Å². The minimum absolute atomic E-state index is 0.0105. The summed E-state index contributed by atoms with van der Waals surface area (Å²) >= 11 is 0. The topological polar surface area (TPSA) is 39.2 Å². The Balaban J connectivity index is 2.33. The third-order valence-corrected chi connectivity index (χ3v) is 4.07. The van der Waals surface area contributed by atoms with Gasteiger partial charge in [0, 0.05) is 18.1 Å². The van der Waals surface area contributed by atoms with Crippen LogP contribution in [0.4, 0.5) is 18.9 Å². The van der Waals surface area contributed by atoms with Crippen LogP contribution in [-0.4, -0.2) is 9.55 Å². The molecule has 0 amide bonds. The lowest BCUT2D eigenvalue weighted by atomic mass is 10.0. The van der Waals surface area contributed by atoms with Crippen LogP contribution in [0.25, 0.3) is 16.1 Å². The molecule has 0 radical (unpaired) electrons. The molecule has 0 aliphatic carbocycles. The third kappa shape index (κ3) is 3.75. The number of rotatable bonds is 3. The summed E-state index contributed by atoms with van der Waals surface area (Å²) in [7, 11) is 0. The number of hydrogen-bond acceptors (Lipinski definition) is 2. The van der Waals surface area contributed by atoms with E-state index in [1.165, 1.54) is 10.8 Å². The number of pyridine rings is 2. The summed E-state index contributed by atoms with van der Waals surface area (Å²) in [5.41, 5.74) is -1.06. The zero-order valence-electron chi connectivity index (χ0n) is 14.3. The minimum Gasteiger partial charge on any atom is -0.313 e. The zero-order valence-corrected chi connectivity index (χ0v) is 14.3. The van der Waals surface area contributed by atoms with Gasteiger partial charge in [0.25, 0.3) is 11.2 Å². The largest absolute Gasteiger partial charge is 0.407 e. The molecule has 136 valence electrons. The van der Waals surface area contributed by atoms with Gasteiger partial charge in [-0.25, -0.2) is 4.85 Å². The van der Waals surface area contributed by atoms with Crippen molar-refractivity contribution >= 4 is 5.69 Å². The summed E-state index contributed by atoms with van der Waals surface area (Å²) in [6.07, 6.45) is -1.71. The highest BCUT2D eigenvalue weighted by Crippen LogP contribution is 2.37. The molecule has 0 fully saturated rings. The highest BCUT2D eigenvalue weighted by molar-refractivity contribution is 5.66. The number of halogens is 3. The Kier molecular flexibility index (Phi) is 4.82. The summed E-state index contributed by atoms with van der Waals surface area (Å²) in [5.74, 6) is 0. The molecule has 0 saturated carbocycles. The molecule has 1 aromatic carbocycles. The summed E-state index contributed by atoms with van der Waals surface area (Å²) in [6, 6.07) is 11.1. The van der Waals surface area contributed by atoms with Gasteiger partial charge in [-0.15, -0.1) is 0 Å². The van der Waals surface area contributed by atoms with Gasteiger partial charge in [-0.05, 0) is 36.2 Å². The molecule has 7 heteroatoms. The van der Waals surface area contributed by atoms with Crippen molar-refractivity contribution in [3.8, 4) is 11.3 Å². The van der Waals surface area contributed by atoms with Gasteiger partial charge in [0.1, 0.15) is 0 Å². The molecule has 27 heavy (non-hydrogen) atoms. The molecule has 2 heterocycles. The van der Waals surface area contributed by atoms with E-state index in [4.69, 9.17) is 6.57 Å². The Labute approximate surface area is 153 Å². The highest BCUT2D eigenvalue weighted by atomic mass is 19.4. The number of benzene rings is 1. The van der Waals surface area contributed by atoms with Crippen LogP contribution in [0.1, 0.15) is 16.7 Å². The van der Waals surface area contributed by atoms with Crippen LogP contribution in [0.15, 0.2) is 59.7 Å². The Morgan fingerprint density at radius 2 is 1.96 bits per heavy atom. The molecule has 4 nitrogen and oxygen atoms in total. The van der Waals surface area contributed by atoms with Gasteiger partial charge >= 0.3 is 6.18 Å². The highest BCUT2D eigenvalue weighted by Gasteiger charge is 2.36. The van der Waals surface area contributed by atoms with Crippen molar-refractivity contribution in [1.29, 1.82) is 0 Å². The number of nitrogens with zero attached hydrogens (tertiary/aromatic N) is 3. The fourth-order valence-electron chi connectivity index (χ4n) is 2.83. The van der Waals surface area contributed by atoms with Crippen LogP contribution in [0.5, 0.6) is 0 Å². The van der Waals surface area contributed by atoms with E-state index >= 15 is 0 Å². The monoisotopic (exact) mass is 369 g/mol. The van der Waals surface area contributed by atoms with E-state index in [9.17, 15) is 18.0 Å². The predicted octanol–water partition coefficient (Wildman–Crippen LogP) is 4.84. The maximum absolute atomic E-state index is 13.4. The number of alkyl halides is 3. The van der Waals surface area contributed by atoms with E-state index in [0.717, 1.165) is 11.6 Å². The van der Waals surface area contributed by atoms with Crippen molar-refractivity contribution in [2.24, 2.45) is 0 Å². The number of aryl methyl sites for hydroxylation is 1. The molecule has 3 rings (SSSR count). The van der Waals surface area contributed by atoms with Crippen LogP contribution < -0.4 is 5.56 Å². The number of hydrogen-bond donors (Lipinski definition) is 0. The molecule has 3 aromatic rings. The average Bonchev–Trinajstić information content (AvgIpc) is 2.63. The van der Waals surface area contributed by atoms with Crippen molar-refractivity contribution in [1.82, 2.24) is 9.55 Å². The molecule has 0 spiro atoms. The van der Waals surface area contributed by atoms with Gasteiger partial charge in [0.05, 0.1) is 18.7 Å². The third-order valence-electron chi connectivity index (χ3n) is 4.07. The smallest absolute Gasteiger partial charge is 0.313 e. The second kappa shape index (κ2) is 7.08. The first-order valence-electron chi connectivity index (χ1n) is 7.99. The fourth-order valence-corrected chi connectivity index (χ4v) is 2.83. The molecular formula is C20H14F3N3O. The van der Waals surface area contributed by atoms with Crippen LogP contribution in [-0.2, 0) is 12.7 Å². The van der Waals surface area contributed by atoms with E-state index in [2.05, 4.69) is 9.83 Å². The fraction of sp³-hybridized carbons (Fsp3) is 0.150. The van der Waals surface area contributed by atoms with E-state index in [-0.39, 0.29) is 12.2 Å². The molecule has 0 atom stereocenters. The molecule has 2 aromatic heterocycles. The van der Waals surface area contributed by atoms with Crippen molar-refractivity contribution in [2.45, 2.75) is 19.6 Å². The van der Waals surface area contributed by atoms with Gasteiger partial charge in [-0.1, -0.05) is 29.8 Å². The Morgan fingerprint density at radius 3 is 2.56 bits per heavy atom. The van der Waals surface area contributed by atoms with Gasteiger partial charge in [0.2, 0.25) is 0 Å². The molecular weight excluding hydrogens is 355 g/mol. The average molecular weight is 369 g/mol. The Morgan fingerprint density at radius 1 is 1.19 bits per heavy atom. The normalized spacial score (nSPS) is 11.2. The quantitative estimate of drug-likeness (QED) is 0.620. The first kappa shape index (κ1) is 18.4. The van der Waals surface area contributed by atoms with Crippen LogP contribution in [0.3, 0.4) is 0 Å². The second-order valence-corrected chi connectivity index (χ2v) is 6.02. The van der Waals surface area contributed by atoms with Gasteiger partial charge in [-0.2, -0.15) is 13.2 Å². The van der Waals surface area contributed by atoms with Crippen molar-refractivity contribution in [3.63, 3.8) is 0 Å². The summed E-state index contributed by atoms with van der Waals surface area (Å²) in [4.78, 5) is 19.6. The van der Waals surface area contributed by atoms with Crippen LogP contribution >= 0.6 is 0 Å². The lowest BCUT2D eigenvalue weighted by Gasteiger charge is -2.18. The van der Waals surface area contributed by atoms with Crippen molar-refractivity contribution < 1.29 is 13.2 Å². The molecule has 0 aliphatic rings. The van der Waals surface area contributed by atoms with E-state index in [1.54, 1.807) is 36.5 Å².